The van der Waals surface area contributed by atoms with E-state index in [0.717, 1.165) is 18.2 Å². The zero-order valence-corrected chi connectivity index (χ0v) is 9.66. The molecule has 0 fully saturated rings. The summed E-state index contributed by atoms with van der Waals surface area (Å²) in [5.41, 5.74) is 0.556. The lowest BCUT2D eigenvalue weighted by Crippen LogP contribution is -1.91. The fraction of sp³-hybridized carbons (Fsp3) is 0.273. The lowest BCUT2D eigenvalue weighted by molar-refractivity contribution is -0.385. The average molecular weight is 268 g/mol. The van der Waals surface area contributed by atoms with Crippen LogP contribution < -0.4 is 0 Å². The molecule has 0 saturated carbocycles. The molecule has 1 rings (SSSR count). The molecule has 4 heteroatoms. The first-order valence-corrected chi connectivity index (χ1v) is 5.66. The highest BCUT2D eigenvalue weighted by molar-refractivity contribution is 9.09. The second kappa shape index (κ2) is 6.20. The van der Waals surface area contributed by atoms with E-state index >= 15 is 0 Å². The molecule has 0 aromatic heterocycles. The van der Waals surface area contributed by atoms with Crippen LogP contribution in [0.15, 0.2) is 24.3 Å². The van der Waals surface area contributed by atoms with Gasteiger partial charge >= 0.3 is 0 Å². The molecule has 0 unspecified atom stereocenters. The van der Waals surface area contributed by atoms with Gasteiger partial charge in [-0.1, -0.05) is 39.9 Å². The third kappa shape index (κ3) is 3.72. The minimum Gasteiger partial charge on any atom is -0.258 e. The fourth-order valence-corrected chi connectivity index (χ4v) is 1.33. The Hall–Kier alpha value is -1.34. The number of alkyl halides is 1. The standard InChI is InChI=1S/C11H10BrNO2/c12-9-5-1-2-6-10-7-3-4-8-11(10)13(14)15/h3-4,7-8H,1,5,9H2. The molecule has 0 saturated heterocycles. The van der Waals surface area contributed by atoms with E-state index in [1.807, 2.05) is 0 Å². The molecule has 0 radical (unpaired) electrons. The summed E-state index contributed by atoms with van der Waals surface area (Å²) in [6.45, 7) is 0. The maximum Gasteiger partial charge on any atom is 0.284 e. The molecule has 0 spiro atoms. The Morgan fingerprint density at radius 2 is 2.13 bits per heavy atom. The second-order valence-corrected chi connectivity index (χ2v) is 3.66. The van der Waals surface area contributed by atoms with Crippen LogP contribution in [0, 0.1) is 22.0 Å². The molecule has 1 aromatic carbocycles. The molecule has 0 N–H and O–H groups in total. The summed E-state index contributed by atoms with van der Waals surface area (Å²) < 4.78 is 0. The minimum atomic E-state index is -0.408. The van der Waals surface area contributed by atoms with Gasteiger partial charge in [0.05, 0.1) is 4.92 Å². The highest BCUT2D eigenvalue weighted by Crippen LogP contribution is 2.15. The number of nitro groups is 1. The molecule has 15 heavy (non-hydrogen) atoms. The Bertz CT molecular complexity index is 407. The van der Waals surface area contributed by atoms with Gasteiger partial charge in [0.25, 0.3) is 5.69 Å². The van der Waals surface area contributed by atoms with Gasteiger partial charge in [-0.2, -0.15) is 0 Å². The molecule has 0 aliphatic heterocycles. The zero-order chi connectivity index (χ0) is 11.1. The Morgan fingerprint density at radius 3 is 2.80 bits per heavy atom. The normalized spacial score (nSPS) is 9.13. The summed E-state index contributed by atoms with van der Waals surface area (Å²) in [4.78, 5) is 10.2. The number of halogens is 1. The highest BCUT2D eigenvalue weighted by Gasteiger charge is 2.09. The summed E-state index contributed by atoms with van der Waals surface area (Å²) in [7, 11) is 0. The maximum absolute atomic E-state index is 10.6. The quantitative estimate of drug-likeness (QED) is 0.278. The van der Waals surface area contributed by atoms with Crippen molar-refractivity contribution in [1.82, 2.24) is 0 Å². The van der Waals surface area contributed by atoms with Crippen LogP contribution in [0.25, 0.3) is 0 Å². The summed E-state index contributed by atoms with van der Waals surface area (Å²) in [6, 6.07) is 6.52. The number of rotatable bonds is 3. The van der Waals surface area contributed by atoms with Crippen molar-refractivity contribution in [3.63, 3.8) is 0 Å². The Kier molecular flexibility index (Phi) is 4.85. The van der Waals surface area contributed by atoms with Crippen molar-refractivity contribution in [2.45, 2.75) is 12.8 Å². The molecule has 0 amide bonds. The molecule has 1 aromatic rings. The van der Waals surface area contributed by atoms with Crippen LogP contribution in [0.3, 0.4) is 0 Å². The van der Waals surface area contributed by atoms with Crippen LogP contribution in [0.1, 0.15) is 18.4 Å². The number of nitro benzene ring substituents is 1. The third-order valence-electron chi connectivity index (χ3n) is 1.76. The molecular weight excluding hydrogens is 258 g/mol. The number of nitrogens with zero attached hydrogens (tertiary/aromatic N) is 1. The number of benzene rings is 1. The van der Waals surface area contributed by atoms with Gasteiger partial charge in [-0.3, -0.25) is 10.1 Å². The van der Waals surface area contributed by atoms with Gasteiger partial charge in [0.2, 0.25) is 0 Å². The number of hydrogen-bond donors (Lipinski definition) is 0. The summed E-state index contributed by atoms with van der Waals surface area (Å²) >= 11 is 3.30. The fourth-order valence-electron chi connectivity index (χ4n) is 1.05. The van der Waals surface area contributed by atoms with Gasteiger partial charge in [-0.05, 0) is 12.5 Å². The van der Waals surface area contributed by atoms with Crippen LogP contribution >= 0.6 is 15.9 Å². The summed E-state index contributed by atoms with van der Waals surface area (Å²) in [5, 5.41) is 11.5. The first-order chi connectivity index (χ1) is 7.25. The summed E-state index contributed by atoms with van der Waals surface area (Å²) in [6.07, 6.45) is 1.70. The number of hydrogen-bond acceptors (Lipinski definition) is 2. The lowest BCUT2D eigenvalue weighted by atomic mass is 10.2. The first-order valence-electron chi connectivity index (χ1n) is 4.54. The van der Waals surface area contributed by atoms with E-state index in [0.29, 0.717) is 5.56 Å². The number of para-hydroxylation sites is 1. The second-order valence-electron chi connectivity index (χ2n) is 2.87. The van der Waals surface area contributed by atoms with Gasteiger partial charge in [0.15, 0.2) is 0 Å². The van der Waals surface area contributed by atoms with Crippen molar-refractivity contribution in [2.75, 3.05) is 5.33 Å². The molecule has 0 aliphatic carbocycles. The lowest BCUT2D eigenvalue weighted by Gasteiger charge is -1.93. The van der Waals surface area contributed by atoms with Gasteiger partial charge in [-0.25, -0.2) is 0 Å². The van der Waals surface area contributed by atoms with Crippen molar-refractivity contribution in [3.8, 4) is 11.8 Å². The van der Waals surface area contributed by atoms with Crippen LogP contribution in [0.2, 0.25) is 0 Å². The molecule has 0 bridgehead atoms. The topological polar surface area (TPSA) is 43.1 Å². The van der Waals surface area contributed by atoms with Gasteiger partial charge < -0.3 is 0 Å². The summed E-state index contributed by atoms with van der Waals surface area (Å²) in [5.74, 6) is 5.73. The Labute approximate surface area is 96.8 Å². The molecule has 0 aliphatic rings. The van der Waals surface area contributed by atoms with E-state index in [9.17, 15) is 10.1 Å². The van der Waals surface area contributed by atoms with Crippen LogP contribution in [0.4, 0.5) is 5.69 Å². The van der Waals surface area contributed by atoms with E-state index in [1.54, 1.807) is 18.2 Å². The van der Waals surface area contributed by atoms with Gasteiger partial charge in [-0.15, -0.1) is 0 Å². The van der Waals surface area contributed by atoms with Crippen molar-refractivity contribution in [1.29, 1.82) is 0 Å². The van der Waals surface area contributed by atoms with Crippen molar-refractivity contribution in [3.05, 3.63) is 39.9 Å². The van der Waals surface area contributed by atoms with E-state index in [-0.39, 0.29) is 5.69 Å². The molecule has 0 heterocycles. The molecular formula is C11H10BrNO2. The highest BCUT2D eigenvalue weighted by atomic mass is 79.9. The predicted molar refractivity (Wildman–Crippen MR) is 63.0 cm³/mol. The van der Waals surface area contributed by atoms with Crippen LogP contribution in [0.5, 0.6) is 0 Å². The van der Waals surface area contributed by atoms with E-state index in [2.05, 4.69) is 27.8 Å². The van der Waals surface area contributed by atoms with Crippen LogP contribution in [-0.4, -0.2) is 10.3 Å². The maximum atomic E-state index is 10.6. The largest absolute Gasteiger partial charge is 0.284 e. The first kappa shape index (κ1) is 11.7. The smallest absolute Gasteiger partial charge is 0.258 e. The van der Waals surface area contributed by atoms with E-state index in [4.69, 9.17) is 0 Å². The molecule has 3 nitrogen and oxygen atoms in total. The van der Waals surface area contributed by atoms with E-state index in [1.165, 1.54) is 6.07 Å². The van der Waals surface area contributed by atoms with Crippen molar-refractivity contribution in [2.24, 2.45) is 0 Å². The van der Waals surface area contributed by atoms with Gasteiger partial charge in [0, 0.05) is 17.8 Å². The molecule has 0 atom stereocenters. The van der Waals surface area contributed by atoms with E-state index < -0.39 is 4.92 Å². The monoisotopic (exact) mass is 267 g/mol. The van der Waals surface area contributed by atoms with Gasteiger partial charge in [0.1, 0.15) is 5.56 Å². The van der Waals surface area contributed by atoms with Crippen molar-refractivity contribution >= 4 is 21.6 Å². The number of unbranched alkanes of at least 4 members (excludes halogenated alkanes) is 1. The Balaban J connectivity index is 2.83. The average Bonchev–Trinajstić information content (AvgIpc) is 2.25. The molecule has 78 valence electrons. The van der Waals surface area contributed by atoms with Crippen molar-refractivity contribution < 1.29 is 4.92 Å². The Morgan fingerprint density at radius 1 is 1.40 bits per heavy atom. The SMILES string of the molecule is O=[N+]([O-])c1ccccc1C#CCCCBr. The zero-order valence-electron chi connectivity index (χ0n) is 8.07. The third-order valence-corrected chi connectivity index (χ3v) is 2.32. The minimum absolute atomic E-state index is 0.0730. The predicted octanol–water partition coefficient (Wildman–Crippen LogP) is 3.12. The van der Waals surface area contributed by atoms with Crippen LogP contribution in [-0.2, 0) is 0 Å².